The second kappa shape index (κ2) is 5.09. The smallest absolute Gasteiger partial charge is 0.342 e. The van der Waals surface area contributed by atoms with Crippen molar-refractivity contribution in [3.8, 4) is 0 Å². The first-order valence-corrected chi connectivity index (χ1v) is 4.56. The maximum atomic E-state index is 11.0. The summed E-state index contributed by atoms with van der Waals surface area (Å²) in [6.07, 6.45) is 1.08. The minimum absolute atomic E-state index is 0.334. The van der Waals surface area contributed by atoms with Crippen molar-refractivity contribution < 1.29 is 19.0 Å². The van der Waals surface area contributed by atoms with E-state index in [0.717, 1.165) is 12.6 Å². The SMILES string of the molecule is C=CC(=O)OC1(OCC)CNCCO1. The summed E-state index contributed by atoms with van der Waals surface area (Å²) in [5, 5.41) is 3.03. The molecular weight excluding hydrogens is 186 g/mol. The third-order valence-electron chi connectivity index (χ3n) is 1.73. The zero-order valence-electron chi connectivity index (χ0n) is 8.25. The van der Waals surface area contributed by atoms with Gasteiger partial charge in [0.2, 0.25) is 0 Å². The molecule has 5 nitrogen and oxygen atoms in total. The lowest BCUT2D eigenvalue weighted by Crippen LogP contribution is -2.54. The Bertz CT molecular complexity index is 205. The van der Waals surface area contributed by atoms with Crippen LogP contribution in [0.1, 0.15) is 6.92 Å². The molecular formula is C9H15NO4. The van der Waals surface area contributed by atoms with Gasteiger partial charge in [-0.25, -0.2) is 4.79 Å². The van der Waals surface area contributed by atoms with E-state index in [2.05, 4.69) is 11.9 Å². The van der Waals surface area contributed by atoms with Gasteiger partial charge in [-0.15, -0.1) is 0 Å². The molecule has 1 aliphatic rings. The molecule has 80 valence electrons. The molecule has 14 heavy (non-hydrogen) atoms. The molecule has 0 aliphatic carbocycles. The number of ether oxygens (including phenoxy) is 3. The second-order valence-electron chi connectivity index (χ2n) is 2.77. The van der Waals surface area contributed by atoms with E-state index in [1.165, 1.54) is 0 Å². The van der Waals surface area contributed by atoms with Gasteiger partial charge in [-0.2, -0.15) is 0 Å². The Labute approximate surface area is 83.0 Å². The number of morpholine rings is 1. The van der Waals surface area contributed by atoms with Crippen LogP contribution >= 0.6 is 0 Å². The third kappa shape index (κ3) is 2.80. The molecule has 1 rings (SSSR count). The summed E-state index contributed by atoms with van der Waals surface area (Å²) in [4.78, 5) is 11.0. The van der Waals surface area contributed by atoms with E-state index in [1.807, 2.05) is 6.92 Å². The standard InChI is InChI=1S/C9H15NO4/c1-3-8(11)14-9(12-4-2)7-10-5-6-13-9/h3,10H,1,4-7H2,2H3. The maximum Gasteiger partial charge on any atom is 0.342 e. The summed E-state index contributed by atoms with van der Waals surface area (Å²) >= 11 is 0. The molecule has 1 fully saturated rings. The fourth-order valence-corrected chi connectivity index (χ4v) is 1.17. The molecule has 1 N–H and O–H groups in total. The molecule has 0 spiro atoms. The predicted molar refractivity (Wildman–Crippen MR) is 49.5 cm³/mol. The van der Waals surface area contributed by atoms with Crippen LogP contribution in [0.5, 0.6) is 0 Å². The number of nitrogens with one attached hydrogen (secondary N) is 1. The lowest BCUT2D eigenvalue weighted by molar-refractivity contribution is -0.364. The average molecular weight is 201 g/mol. The number of carbonyl (C=O) groups is 1. The molecule has 0 bridgehead atoms. The molecule has 1 atom stereocenters. The summed E-state index contributed by atoms with van der Waals surface area (Å²) < 4.78 is 15.6. The van der Waals surface area contributed by atoms with Crippen molar-refractivity contribution in [2.75, 3.05) is 26.3 Å². The third-order valence-corrected chi connectivity index (χ3v) is 1.73. The Morgan fingerprint density at radius 1 is 1.79 bits per heavy atom. The molecule has 5 heteroatoms. The van der Waals surface area contributed by atoms with Crippen LogP contribution in [0.3, 0.4) is 0 Å². The van der Waals surface area contributed by atoms with Crippen LogP contribution in [-0.4, -0.2) is 38.2 Å². The van der Waals surface area contributed by atoms with Crippen molar-refractivity contribution in [3.63, 3.8) is 0 Å². The Morgan fingerprint density at radius 2 is 2.57 bits per heavy atom. The highest BCUT2D eigenvalue weighted by atomic mass is 16.9. The van der Waals surface area contributed by atoms with Gasteiger partial charge in [0.15, 0.2) is 0 Å². The molecule has 1 unspecified atom stereocenters. The van der Waals surface area contributed by atoms with E-state index >= 15 is 0 Å². The van der Waals surface area contributed by atoms with Crippen molar-refractivity contribution in [1.29, 1.82) is 0 Å². The fraction of sp³-hybridized carbons (Fsp3) is 0.667. The minimum Gasteiger partial charge on any atom is -0.403 e. The zero-order valence-corrected chi connectivity index (χ0v) is 8.25. The number of hydrogen-bond donors (Lipinski definition) is 1. The van der Waals surface area contributed by atoms with Crippen LogP contribution in [0.4, 0.5) is 0 Å². The number of esters is 1. The summed E-state index contributed by atoms with van der Waals surface area (Å²) in [5.74, 6) is -1.83. The van der Waals surface area contributed by atoms with Gasteiger partial charge < -0.3 is 19.5 Å². The monoisotopic (exact) mass is 201 g/mol. The van der Waals surface area contributed by atoms with Crippen molar-refractivity contribution >= 4 is 5.97 Å². The normalized spacial score (nSPS) is 26.9. The van der Waals surface area contributed by atoms with E-state index < -0.39 is 11.9 Å². The van der Waals surface area contributed by atoms with Crippen molar-refractivity contribution in [2.45, 2.75) is 12.9 Å². The van der Waals surface area contributed by atoms with Crippen LogP contribution in [0.15, 0.2) is 12.7 Å². The van der Waals surface area contributed by atoms with Gasteiger partial charge in [0.25, 0.3) is 0 Å². The van der Waals surface area contributed by atoms with Crippen LogP contribution < -0.4 is 5.32 Å². The zero-order chi connectivity index (χ0) is 10.4. The molecule has 0 saturated carbocycles. The van der Waals surface area contributed by atoms with Crippen LogP contribution in [-0.2, 0) is 19.0 Å². The first kappa shape index (κ1) is 11.2. The Hall–Kier alpha value is -0.910. The topological polar surface area (TPSA) is 56.8 Å². The van der Waals surface area contributed by atoms with E-state index in [9.17, 15) is 4.79 Å². The highest BCUT2D eigenvalue weighted by molar-refractivity contribution is 5.81. The largest absolute Gasteiger partial charge is 0.403 e. The molecule has 1 heterocycles. The molecule has 0 amide bonds. The van der Waals surface area contributed by atoms with Gasteiger partial charge in [0.1, 0.15) is 0 Å². The van der Waals surface area contributed by atoms with Gasteiger partial charge >= 0.3 is 11.9 Å². The summed E-state index contributed by atoms with van der Waals surface area (Å²) in [6.45, 7) is 7.03. The summed E-state index contributed by atoms with van der Waals surface area (Å²) in [6, 6.07) is 0. The highest BCUT2D eigenvalue weighted by Gasteiger charge is 2.38. The van der Waals surface area contributed by atoms with Gasteiger partial charge in [-0.3, -0.25) is 0 Å². The van der Waals surface area contributed by atoms with Crippen LogP contribution in [0.2, 0.25) is 0 Å². The maximum absolute atomic E-state index is 11.0. The van der Waals surface area contributed by atoms with Gasteiger partial charge in [-0.05, 0) is 6.92 Å². The van der Waals surface area contributed by atoms with Crippen molar-refractivity contribution in [3.05, 3.63) is 12.7 Å². The number of rotatable bonds is 4. The Morgan fingerprint density at radius 3 is 3.07 bits per heavy atom. The minimum atomic E-state index is -1.28. The molecule has 0 aromatic carbocycles. The lowest BCUT2D eigenvalue weighted by Gasteiger charge is -2.35. The van der Waals surface area contributed by atoms with E-state index in [-0.39, 0.29) is 0 Å². The Kier molecular flexibility index (Phi) is 4.06. The highest BCUT2D eigenvalue weighted by Crippen LogP contribution is 2.17. The molecule has 1 aliphatic heterocycles. The number of carbonyl (C=O) groups excluding carboxylic acids is 1. The van der Waals surface area contributed by atoms with E-state index in [0.29, 0.717) is 19.8 Å². The first-order chi connectivity index (χ1) is 6.72. The molecule has 0 aromatic heterocycles. The Balaban J connectivity index is 2.59. The summed E-state index contributed by atoms with van der Waals surface area (Å²) in [5.41, 5.74) is 0. The second-order valence-corrected chi connectivity index (χ2v) is 2.77. The van der Waals surface area contributed by atoms with Crippen molar-refractivity contribution in [2.24, 2.45) is 0 Å². The molecule has 1 saturated heterocycles. The van der Waals surface area contributed by atoms with E-state index in [1.54, 1.807) is 0 Å². The van der Waals surface area contributed by atoms with Gasteiger partial charge in [0, 0.05) is 12.6 Å². The quantitative estimate of drug-likeness (QED) is 0.395. The van der Waals surface area contributed by atoms with Crippen molar-refractivity contribution in [1.82, 2.24) is 5.32 Å². The van der Waals surface area contributed by atoms with Crippen LogP contribution in [0, 0.1) is 0 Å². The van der Waals surface area contributed by atoms with Crippen LogP contribution in [0.25, 0.3) is 0 Å². The first-order valence-electron chi connectivity index (χ1n) is 4.56. The number of hydrogen-bond acceptors (Lipinski definition) is 5. The molecule has 0 radical (unpaired) electrons. The van der Waals surface area contributed by atoms with Gasteiger partial charge in [-0.1, -0.05) is 6.58 Å². The van der Waals surface area contributed by atoms with Gasteiger partial charge in [0.05, 0.1) is 19.8 Å². The summed E-state index contributed by atoms with van der Waals surface area (Å²) in [7, 11) is 0. The fourth-order valence-electron chi connectivity index (χ4n) is 1.17. The average Bonchev–Trinajstić information content (AvgIpc) is 2.19. The van der Waals surface area contributed by atoms with E-state index in [4.69, 9.17) is 14.2 Å². The lowest BCUT2D eigenvalue weighted by atomic mass is 10.4. The molecule has 0 aromatic rings. The predicted octanol–water partition coefficient (Wildman–Crippen LogP) is 0.0257.